The van der Waals surface area contributed by atoms with Crippen molar-refractivity contribution in [3.8, 4) is 0 Å². The number of hydrogen-bond acceptors (Lipinski definition) is 8. The second kappa shape index (κ2) is 19.7. The molecule has 1 aliphatic heterocycles. The first kappa shape index (κ1) is 44.5. The Kier molecular flexibility index (Phi) is 17.9. The van der Waals surface area contributed by atoms with Gasteiger partial charge in [-0.05, 0) is 82.1 Å². The molecule has 0 saturated carbocycles. The number of aliphatic hydroxyl groups is 1. The van der Waals surface area contributed by atoms with Gasteiger partial charge in [-0.15, -0.1) is 0 Å². The lowest BCUT2D eigenvalue weighted by Gasteiger charge is -2.34. The van der Waals surface area contributed by atoms with E-state index < -0.39 is 59.2 Å². The third kappa shape index (κ3) is 14.7. The molecular formula is C36H67N5O7S. The number of carbonyl (C=O) groups excluding carboxylic acids is 5. The van der Waals surface area contributed by atoms with Crippen molar-refractivity contribution < 1.29 is 33.8 Å². The summed E-state index contributed by atoms with van der Waals surface area (Å²) in [5, 5.41) is 23.0. The van der Waals surface area contributed by atoms with Crippen LogP contribution in [-0.4, -0.2) is 101 Å². The minimum Gasteiger partial charge on any atom is -0.444 e. The molecule has 12 nitrogen and oxygen atoms in total. The van der Waals surface area contributed by atoms with E-state index >= 15 is 0 Å². The number of thioether (sulfide) groups is 1. The SMILES string of the molecule is CSCC[C@H](NC(=O)[C@@H](NC(=O)OC(C)(C)C)C(C)C)C(=O)N[C@@H](CC(C)C)[C@@H](O)C[C@]1(C)CCN([C@H](C(=O)NCC(C)C)C(C)C)C1=O. The van der Waals surface area contributed by atoms with E-state index in [4.69, 9.17) is 4.74 Å². The van der Waals surface area contributed by atoms with Crippen molar-refractivity contribution >= 4 is 41.5 Å². The van der Waals surface area contributed by atoms with Crippen molar-refractivity contribution in [1.82, 2.24) is 26.2 Å². The molecule has 0 unspecified atom stereocenters. The molecule has 1 rings (SSSR count). The number of likely N-dealkylation sites (tertiary alicyclic amines) is 1. The van der Waals surface area contributed by atoms with Crippen molar-refractivity contribution in [1.29, 1.82) is 0 Å². The van der Waals surface area contributed by atoms with Crippen LogP contribution in [-0.2, 0) is 23.9 Å². The van der Waals surface area contributed by atoms with Gasteiger partial charge < -0.3 is 36.0 Å². The first-order valence-corrected chi connectivity index (χ1v) is 19.3. The zero-order valence-electron chi connectivity index (χ0n) is 32.4. The largest absolute Gasteiger partial charge is 0.444 e. The van der Waals surface area contributed by atoms with E-state index in [1.165, 1.54) is 11.8 Å². The molecule has 6 atom stereocenters. The molecule has 0 aromatic heterocycles. The van der Waals surface area contributed by atoms with Gasteiger partial charge in [-0.25, -0.2) is 4.79 Å². The Morgan fingerprint density at radius 2 is 1.53 bits per heavy atom. The van der Waals surface area contributed by atoms with Crippen LogP contribution >= 0.6 is 11.8 Å². The summed E-state index contributed by atoms with van der Waals surface area (Å²) in [7, 11) is 0. The second-order valence-electron chi connectivity index (χ2n) is 16.4. The Hall–Kier alpha value is -2.54. The molecule has 0 radical (unpaired) electrons. The Morgan fingerprint density at radius 3 is 2.02 bits per heavy atom. The number of alkyl carbamates (subject to hydrolysis) is 1. The van der Waals surface area contributed by atoms with Gasteiger partial charge in [0.25, 0.3) is 0 Å². The lowest BCUT2D eigenvalue weighted by atomic mass is 9.80. The van der Waals surface area contributed by atoms with Crippen LogP contribution < -0.4 is 21.3 Å². The van der Waals surface area contributed by atoms with Crippen LogP contribution in [0.15, 0.2) is 0 Å². The van der Waals surface area contributed by atoms with Gasteiger partial charge in [0.15, 0.2) is 0 Å². The van der Waals surface area contributed by atoms with Crippen molar-refractivity contribution in [3.05, 3.63) is 0 Å². The molecule has 0 aromatic rings. The van der Waals surface area contributed by atoms with E-state index in [1.54, 1.807) is 39.5 Å². The monoisotopic (exact) mass is 713 g/mol. The predicted octanol–water partition coefficient (Wildman–Crippen LogP) is 4.09. The summed E-state index contributed by atoms with van der Waals surface area (Å²) in [5.41, 5.74) is -1.67. The van der Waals surface area contributed by atoms with Crippen molar-refractivity contribution in [3.63, 3.8) is 0 Å². The van der Waals surface area contributed by atoms with Gasteiger partial charge in [-0.1, -0.05) is 62.3 Å². The normalized spacial score (nSPS) is 19.9. The molecule has 0 bridgehead atoms. The minimum atomic E-state index is -1.05. The van der Waals surface area contributed by atoms with Gasteiger partial charge in [0.2, 0.25) is 23.6 Å². The fourth-order valence-corrected chi connectivity index (χ4v) is 6.50. The van der Waals surface area contributed by atoms with Gasteiger partial charge in [0.05, 0.1) is 17.6 Å². The van der Waals surface area contributed by atoms with E-state index in [1.807, 2.05) is 54.7 Å². The van der Waals surface area contributed by atoms with Crippen molar-refractivity contribution in [2.75, 3.05) is 25.1 Å². The van der Waals surface area contributed by atoms with Crippen molar-refractivity contribution in [2.24, 2.45) is 29.1 Å². The minimum absolute atomic E-state index is 0.0978. The van der Waals surface area contributed by atoms with E-state index in [2.05, 4.69) is 21.3 Å². The molecule has 1 heterocycles. The number of rotatable bonds is 19. The highest BCUT2D eigenvalue weighted by molar-refractivity contribution is 7.98. The maximum absolute atomic E-state index is 13.9. The maximum Gasteiger partial charge on any atom is 0.408 e. The van der Waals surface area contributed by atoms with E-state index in [0.717, 1.165) is 0 Å². The van der Waals surface area contributed by atoms with Crippen LogP contribution in [0.5, 0.6) is 0 Å². The molecule has 5 N–H and O–H groups in total. The number of amides is 5. The first-order chi connectivity index (χ1) is 22.5. The number of aliphatic hydroxyl groups excluding tert-OH is 1. The lowest BCUT2D eigenvalue weighted by molar-refractivity contribution is -0.145. The number of ether oxygens (including phenoxy) is 1. The summed E-state index contributed by atoms with van der Waals surface area (Å²) in [4.78, 5) is 68.4. The van der Waals surface area contributed by atoms with Crippen LogP contribution in [0, 0.1) is 29.1 Å². The fraction of sp³-hybridized carbons (Fsp3) is 0.861. The average molecular weight is 714 g/mol. The van der Waals surface area contributed by atoms with Crippen LogP contribution in [0.1, 0.15) is 109 Å². The van der Waals surface area contributed by atoms with E-state index in [0.29, 0.717) is 38.1 Å². The number of hydrogen-bond donors (Lipinski definition) is 5. The van der Waals surface area contributed by atoms with E-state index in [9.17, 15) is 29.1 Å². The molecule has 0 aromatic carbocycles. The van der Waals surface area contributed by atoms with Gasteiger partial charge in [0, 0.05) is 13.1 Å². The summed E-state index contributed by atoms with van der Waals surface area (Å²) in [6.45, 7) is 23.4. The summed E-state index contributed by atoms with van der Waals surface area (Å²) >= 11 is 1.53. The summed E-state index contributed by atoms with van der Waals surface area (Å²) < 4.78 is 5.35. The Morgan fingerprint density at radius 1 is 0.918 bits per heavy atom. The van der Waals surface area contributed by atoms with Gasteiger partial charge in [-0.2, -0.15) is 11.8 Å². The Balaban J connectivity index is 3.16. The highest BCUT2D eigenvalue weighted by atomic mass is 32.2. The van der Waals surface area contributed by atoms with Crippen LogP contribution in [0.25, 0.3) is 0 Å². The number of carbonyl (C=O) groups is 5. The highest BCUT2D eigenvalue weighted by Gasteiger charge is 2.49. The Bertz CT molecular complexity index is 1110. The zero-order valence-corrected chi connectivity index (χ0v) is 33.2. The molecule has 1 saturated heterocycles. The molecule has 284 valence electrons. The van der Waals surface area contributed by atoms with Crippen LogP contribution in [0.4, 0.5) is 4.79 Å². The fourth-order valence-electron chi connectivity index (χ4n) is 6.03. The number of nitrogens with zero attached hydrogens (tertiary/aromatic N) is 1. The second-order valence-corrected chi connectivity index (χ2v) is 17.3. The van der Waals surface area contributed by atoms with Crippen LogP contribution in [0.2, 0.25) is 0 Å². The molecule has 49 heavy (non-hydrogen) atoms. The predicted molar refractivity (Wildman–Crippen MR) is 196 cm³/mol. The third-order valence-corrected chi connectivity index (χ3v) is 9.29. The highest BCUT2D eigenvalue weighted by Crippen LogP contribution is 2.39. The molecule has 5 amide bonds. The zero-order chi connectivity index (χ0) is 37.9. The topological polar surface area (TPSA) is 166 Å². The first-order valence-electron chi connectivity index (χ1n) is 17.9. The molecule has 13 heteroatoms. The average Bonchev–Trinajstić information content (AvgIpc) is 3.23. The Labute approximate surface area is 299 Å². The van der Waals surface area contributed by atoms with Gasteiger partial charge >= 0.3 is 6.09 Å². The third-order valence-electron chi connectivity index (χ3n) is 8.64. The smallest absolute Gasteiger partial charge is 0.408 e. The molecule has 0 aliphatic carbocycles. The quantitative estimate of drug-likeness (QED) is 0.134. The molecule has 0 spiro atoms. The maximum atomic E-state index is 13.9. The summed E-state index contributed by atoms with van der Waals surface area (Å²) in [5.74, 6) is -0.714. The molecular weight excluding hydrogens is 646 g/mol. The summed E-state index contributed by atoms with van der Waals surface area (Å²) in [6.07, 6.45) is 1.49. The standard InChI is InChI=1S/C36H67N5O7S/c1-21(2)18-26(27(42)19-36(12)15-16-41(33(36)46)29(24(7)8)32(45)37-20-22(3)4)39-30(43)25(14-17-49-13)38-31(44)28(23(5)6)40-34(47)48-35(9,10)11/h21-29,42H,14-20H2,1-13H3,(H,37,45)(H,38,44)(H,39,43)(H,40,47)/t25-,26-,27-,28-,29-,36-/m0/s1. The molecule has 1 aliphatic rings. The molecule has 1 fully saturated rings. The van der Waals surface area contributed by atoms with Crippen molar-refractivity contribution in [2.45, 2.75) is 145 Å². The van der Waals surface area contributed by atoms with Gasteiger partial charge in [-0.3, -0.25) is 19.2 Å². The van der Waals surface area contributed by atoms with E-state index in [-0.39, 0.29) is 41.9 Å². The lowest BCUT2D eigenvalue weighted by Crippen LogP contribution is -2.58. The van der Waals surface area contributed by atoms with Gasteiger partial charge in [0.1, 0.15) is 23.7 Å². The van der Waals surface area contributed by atoms with Crippen LogP contribution in [0.3, 0.4) is 0 Å². The number of nitrogens with one attached hydrogen (secondary N) is 4. The summed E-state index contributed by atoms with van der Waals surface area (Å²) in [6, 6.07) is -3.15.